The Balaban J connectivity index is 1.93. The first kappa shape index (κ1) is 24.3. The number of alkyl halides is 3. The van der Waals surface area contributed by atoms with Gasteiger partial charge in [0.1, 0.15) is 27.4 Å². The van der Waals surface area contributed by atoms with Gasteiger partial charge in [-0.15, -0.1) is 0 Å². The average Bonchev–Trinajstić information content (AvgIpc) is 3.13. The van der Waals surface area contributed by atoms with Crippen LogP contribution in [0.2, 0.25) is 5.02 Å². The van der Waals surface area contributed by atoms with Gasteiger partial charge in [-0.1, -0.05) is 24.6 Å². The zero-order valence-electron chi connectivity index (χ0n) is 18.4. The highest BCUT2D eigenvalue weighted by atomic mass is 79.9. The quantitative estimate of drug-likeness (QED) is 0.298. The Morgan fingerprint density at radius 1 is 1.26 bits per heavy atom. The molecule has 3 aromatic heterocycles. The number of nitrogens with zero attached hydrogens (tertiary/aromatic N) is 4. The molecular formula is C23H20BrClF3N5O. The first-order valence-corrected chi connectivity index (χ1v) is 11.5. The summed E-state index contributed by atoms with van der Waals surface area (Å²) in [6.07, 6.45) is -0.00778. The van der Waals surface area contributed by atoms with Gasteiger partial charge in [-0.05, 0) is 47.5 Å². The third kappa shape index (κ3) is 4.20. The van der Waals surface area contributed by atoms with Gasteiger partial charge in [0.25, 0.3) is 0 Å². The second kappa shape index (κ2) is 9.07. The first-order chi connectivity index (χ1) is 16.0. The summed E-state index contributed by atoms with van der Waals surface area (Å²) in [7, 11) is 0. The third-order valence-corrected chi connectivity index (χ3v) is 6.50. The molecule has 0 aliphatic heterocycles. The van der Waals surface area contributed by atoms with Gasteiger partial charge in [-0.25, -0.2) is 9.97 Å². The number of ether oxygens (including phenoxy) is 1. The lowest BCUT2D eigenvalue weighted by Crippen LogP contribution is -2.09. The van der Waals surface area contributed by atoms with Gasteiger partial charge in [0, 0.05) is 46.2 Å². The van der Waals surface area contributed by atoms with Crippen molar-refractivity contribution in [2.75, 3.05) is 12.3 Å². The molecule has 0 radical (unpaired) electrons. The maximum atomic E-state index is 13.0. The number of nitrogens with two attached hydrogens (primary N) is 1. The number of anilines is 1. The van der Waals surface area contributed by atoms with Gasteiger partial charge in [-0.2, -0.15) is 13.2 Å². The molecule has 0 saturated heterocycles. The predicted molar refractivity (Wildman–Crippen MR) is 128 cm³/mol. The Hall–Kier alpha value is -2.85. The van der Waals surface area contributed by atoms with Gasteiger partial charge in [0.05, 0.1) is 6.61 Å². The minimum Gasteiger partial charge on any atom is -0.493 e. The summed E-state index contributed by atoms with van der Waals surface area (Å²) in [5.74, 6) is 1.17. The van der Waals surface area contributed by atoms with E-state index < -0.39 is 11.9 Å². The number of imidazole rings is 1. The highest BCUT2D eigenvalue weighted by molar-refractivity contribution is 9.10. The van der Waals surface area contributed by atoms with Gasteiger partial charge in [-0.3, -0.25) is 9.38 Å². The molecule has 34 heavy (non-hydrogen) atoms. The van der Waals surface area contributed by atoms with Crippen LogP contribution >= 0.6 is 27.5 Å². The maximum absolute atomic E-state index is 13.0. The van der Waals surface area contributed by atoms with E-state index in [0.29, 0.717) is 55.8 Å². The van der Waals surface area contributed by atoms with E-state index in [2.05, 4.69) is 30.9 Å². The number of pyridine rings is 1. The second-order valence-electron chi connectivity index (χ2n) is 7.65. The average molecular weight is 555 g/mol. The number of hydrogen-bond donors (Lipinski definition) is 1. The van der Waals surface area contributed by atoms with Crippen LogP contribution in [0.4, 0.5) is 19.0 Å². The van der Waals surface area contributed by atoms with E-state index in [1.807, 2.05) is 18.2 Å². The molecule has 0 aliphatic carbocycles. The third-order valence-electron chi connectivity index (χ3n) is 5.56. The van der Waals surface area contributed by atoms with Crippen LogP contribution in [0, 0.1) is 6.92 Å². The van der Waals surface area contributed by atoms with Crippen LogP contribution in [0.25, 0.3) is 16.6 Å². The van der Waals surface area contributed by atoms with Crippen molar-refractivity contribution in [2.24, 2.45) is 0 Å². The van der Waals surface area contributed by atoms with Crippen molar-refractivity contribution in [2.45, 2.75) is 32.9 Å². The minimum absolute atomic E-state index is 0.318. The molecule has 1 unspecified atom stereocenters. The maximum Gasteiger partial charge on any atom is 0.433 e. The summed E-state index contributed by atoms with van der Waals surface area (Å²) >= 11 is 10.1. The molecule has 0 aliphatic rings. The molecule has 178 valence electrons. The zero-order valence-corrected chi connectivity index (χ0v) is 20.8. The summed E-state index contributed by atoms with van der Waals surface area (Å²) in [5, 5.41) is 0.446. The molecule has 0 fully saturated rings. The van der Waals surface area contributed by atoms with E-state index in [1.165, 1.54) is 12.3 Å². The molecule has 11 heteroatoms. The van der Waals surface area contributed by atoms with Crippen molar-refractivity contribution < 1.29 is 17.9 Å². The Kier molecular flexibility index (Phi) is 6.48. The van der Waals surface area contributed by atoms with E-state index >= 15 is 0 Å². The zero-order chi connectivity index (χ0) is 24.8. The van der Waals surface area contributed by atoms with Gasteiger partial charge in [0.15, 0.2) is 5.82 Å². The molecule has 2 N–H and O–H groups in total. The largest absolute Gasteiger partial charge is 0.493 e. The monoisotopic (exact) mass is 553 g/mol. The van der Waals surface area contributed by atoms with Crippen molar-refractivity contribution in [3.63, 3.8) is 0 Å². The van der Waals surface area contributed by atoms with Crippen LogP contribution < -0.4 is 10.5 Å². The lowest BCUT2D eigenvalue weighted by atomic mass is 9.91. The van der Waals surface area contributed by atoms with E-state index in [1.54, 1.807) is 25.4 Å². The Bertz CT molecular complexity index is 1370. The lowest BCUT2D eigenvalue weighted by Gasteiger charge is -2.22. The van der Waals surface area contributed by atoms with E-state index in [4.69, 9.17) is 22.1 Å². The molecule has 1 aromatic carbocycles. The fourth-order valence-corrected chi connectivity index (χ4v) is 4.70. The first-order valence-electron chi connectivity index (χ1n) is 10.3. The number of fused-ring (bicyclic) bond motifs is 1. The van der Waals surface area contributed by atoms with Crippen LogP contribution in [-0.4, -0.2) is 26.0 Å². The summed E-state index contributed by atoms with van der Waals surface area (Å²) in [6.45, 7) is 5.90. The molecule has 4 aromatic rings. The summed E-state index contributed by atoms with van der Waals surface area (Å²) in [6, 6.07) is 4.12. The van der Waals surface area contributed by atoms with Gasteiger partial charge < -0.3 is 10.5 Å². The fraction of sp³-hybridized carbons (Fsp3) is 0.261. The van der Waals surface area contributed by atoms with Crippen molar-refractivity contribution in [3.8, 4) is 16.9 Å². The molecule has 4 rings (SSSR count). The van der Waals surface area contributed by atoms with E-state index in [9.17, 15) is 13.2 Å². The topological polar surface area (TPSA) is 78.3 Å². The smallest absolute Gasteiger partial charge is 0.433 e. The van der Waals surface area contributed by atoms with Crippen molar-refractivity contribution in [3.05, 3.63) is 69.1 Å². The molecular weight excluding hydrogens is 535 g/mol. The van der Waals surface area contributed by atoms with Crippen molar-refractivity contribution in [1.82, 2.24) is 19.4 Å². The van der Waals surface area contributed by atoms with Crippen LogP contribution in [-0.2, 0) is 6.18 Å². The number of nitrogen functional groups attached to an aromatic ring is 1. The SMILES string of the molecule is CCOc1c(C(C)c2nc(Br)c3c(N)nccn23)cc(Cl)c(C)c1-c1ccc(C(F)(F)F)nc1. The lowest BCUT2D eigenvalue weighted by molar-refractivity contribution is -0.141. The Morgan fingerprint density at radius 3 is 2.62 bits per heavy atom. The predicted octanol–water partition coefficient (Wildman–Crippen LogP) is 6.67. The molecule has 0 saturated carbocycles. The molecule has 0 spiro atoms. The number of rotatable bonds is 5. The fourth-order valence-electron chi connectivity index (χ4n) is 3.91. The Morgan fingerprint density at radius 2 is 2.00 bits per heavy atom. The molecule has 6 nitrogen and oxygen atoms in total. The summed E-state index contributed by atoms with van der Waals surface area (Å²) in [4.78, 5) is 12.4. The van der Waals surface area contributed by atoms with Gasteiger partial charge >= 0.3 is 6.18 Å². The summed E-state index contributed by atoms with van der Waals surface area (Å²) in [5.41, 5.74) is 8.14. The number of benzene rings is 1. The Labute approximate surface area is 207 Å². The van der Waals surface area contributed by atoms with Crippen molar-refractivity contribution >= 4 is 38.9 Å². The van der Waals surface area contributed by atoms with Crippen LogP contribution in [0.5, 0.6) is 5.75 Å². The molecule has 0 amide bonds. The molecule has 1 atom stereocenters. The van der Waals surface area contributed by atoms with Crippen LogP contribution in [0.1, 0.15) is 42.4 Å². The molecule has 0 bridgehead atoms. The number of hydrogen-bond acceptors (Lipinski definition) is 5. The number of halogens is 5. The normalized spacial score (nSPS) is 12.8. The van der Waals surface area contributed by atoms with Crippen LogP contribution in [0.15, 0.2) is 41.4 Å². The van der Waals surface area contributed by atoms with E-state index in [-0.39, 0.29) is 5.92 Å². The van der Waals surface area contributed by atoms with Crippen LogP contribution in [0.3, 0.4) is 0 Å². The number of aromatic nitrogens is 4. The minimum atomic E-state index is -4.53. The second-order valence-corrected chi connectivity index (χ2v) is 8.81. The standard InChI is InChI=1S/C23H20BrClF3N5O/c1-4-34-19-14(11(2)22-32-20(24)18-21(29)30-7-8-33(18)22)9-15(25)12(3)17(19)13-5-6-16(31-10-13)23(26,27)28/h5-11H,4H2,1-3H3,(H2,29,30). The van der Waals surface area contributed by atoms with Crippen molar-refractivity contribution in [1.29, 1.82) is 0 Å². The van der Waals surface area contributed by atoms with Gasteiger partial charge in [0.2, 0.25) is 0 Å². The highest BCUT2D eigenvalue weighted by Crippen LogP contribution is 2.45. The molecule has 3 heterocycles. The summed E-state index contributed by atoms with van der Waals surface area (Å²) < 4.78 is 47.6. The highest BCUT2D eigenvalue weighted by Gasteiger charge is 2.32. The van der Waals surface area contributed by atoms with E-state index in [0.717, 1.165) is 11.6 Å².